The van der Waals surface area contributed by atoms with Crippen LogP contribution in [0.1, 0.15) is 36.1 Å². The van der Waals surface area contributed by atoms with Crippen molar-refractivity contribution < 1.29 is 4.74 Å². The van der Waals surface area contributed by atoms with Gasteiger partial charge in [0.25, 0.3) is 0 Å². The fraction of sp³-hybridized carbons (Fsp3) is 0.579. The van der Waals surface area contributed by atoms with Crippen molar-refractivity contribution in [2.45, 2.75) is 32.4 Å². The molecule has 0 radical (unpaired) electrons. The number of aryl methyl sites for hydroxylation is 1. The molecule has 1 atom stereocenters. The Kier molecular flexibility index (Phi) is 6.55. The predicted octanol–water partition coefficient (Wildman–Crippen LogP) is 2.40. The Hall–Kier alpha value is -1.76. The largest absolute Gasteiger partial charge is 0.385 e. The van der Waals surface area contributed by atoms with Crippen LogP contribution in [-0.2, 0) is 11.3 Å². The van der Waals surface area contributed by atoms with Gasteiger partial charge in [-0.2, -0.15) is 5.10 Å². The van der Waals surface area contributed by atoms with Crippen LogP contribution in [-0.4, -0.2) is 64.9 Å². The first kappa shape index (κ1) is 18.0. The van der Waals surface area contributed by atoms with E-state index in [0.29, 0.717) is 0 Å². The van der Waals surface area contributed by atoms with Gasteiger partial charge in [0.1, 0.15) is 5.82 Å². The third-order valence-electron chi connectivity index (χ3n) is 4.82. The van der Waals surface area contributed by atoms with Gasteiger partial charge in [-0.25, -0.2) is 4.98 Å². The Morgan fingerprint density at radius 1 is 1.20 bits per heavy atom. The van der Waals surface area contributed by atoms with Crippen LogP contribution >= 0.6 is 0 Å². The van der Waals surface area contributed by atoms with Crippen molar-refractivity contribution in [2.75, 3.05) is 39.9 Å². The topological polar surface area (TPSA) is 57.3 Å². The lowest BCUT2D eigenvalue weighted by Gasteiger charge is -2.27. The summed E-state index contributed by atoms with van der Waals surface area (Å²) in [6.07, 6.45) is 2.09. The lowest BCUT2D eigenvalue weighted by atomic mass is 10.1. The molecule has 1 aliphatic rings. The van der Waals surface area contributed by atoms with Crippen molar-refractivity contribution in [3.05, 3.63) is 47.5 Å². The maximum atomic E-state index is 5.23. The summed E-state index contributed by atoms with van der Waals surface area (Å²) >= 11 is 0. The monoisotopic (exact) mass is 343 g/mol. The van der Waals surface area contributed by atoms with Crippen LogP contribution < -0.4 is 0 Å². The first-order chi connectivity index (χ1) is 12.3. The molecule has 1 aromatic carbocycles. The first-order valence-corrected chi connectivity index (χ1v) is 9.14. The summed E-state index contributed by atoms with van der Waals surface area (Å²) in [6, 6.07) is 11.0. The van der Waals surface area contributed by atoms with Crippen LogP contribution in [0.2, 0.25) is 0 Å². The molecular weight excluding hydrogens is 314 g/mol. The van der Waals surface area contributed by atoms with Gasteiger partial charge in [-0.1, -0.05) is 30.3 Å². The van der Waals surface area contributed by atoms with Crippen LogP contribution in [0.3, 0.4) is 0 Å². The zero-order valence-corrected chi connectivity index (χ0v) is 15.3. The van der Waals surface area contributed by atoms with E-state index in [-0.39, 0.29) is 6.04 Å². The van der Waals surface area contributed by atoms with Gasteiger partial charge in [0.2, 0.25) is 0 Å². The summed E-state index contributed by atoms with van der Waals surface area (Å²) in [7, 11) is 1.76. The average molecular weight is 343 g/mol. The number of rotatable bonds is 7. The molecule has 25 heavy (non-hydrogen) atoms. The van der Waals surface area contributed by atoms with E-state index < -0.39 is 0 Å². The van der Waals surface area contributed by atoms with Gasteiger partial charge >= 0.3 is 0 Å². The van der Waals surface area contributed by atoms with Crippen molar-refractivity contribution in [3.8, 4) is 0 Å². The zero-order valence-electron chi connectivity index (χ0n) is 15.3. The van der Waals surface area contributed by atoms with Gasteiger partial charge < -0.3 is 4.74 Å². The Morgan fingerprint density at radius 2 is 2.04 bits per heavy atom. The fourth-order valence-corrected chi connectivity index (χ4v) is 3.51. The van der Waals surface area contributed by atoms with Crippen LogP contribution in [0, 0.1) is 6.92 Å². The summed E-state index contributed by atoms with van der Waals surface area (Å²) in [5, 5.41) is 7.44. The molecule has 6 heteroatoms. The minimum absolute atomic E-state index is 0.280. The summed E-state index contributed by atoms with van der Waals surface area (Å²) in [5.74, 6) is 1.81. The third-order valence-corrected chi connectivity index (χ3v) is 4.82. The second-order valence-electron chi connectivity index (χ2n) is 6.73. The third kappa shape index (κ3) is 5.11. The van der Waals surface area contributed by atoms with E-state index in [1.165, 1.54) is 5.56 Å². The fourth-order valence-electron chi connectivity index (χ4n) is 3.51. The number of benzene rings is 1. The minimum Gasteiger partial charge on any atom is -0.385 e. The minimum atomic E-state index is 0.280. The SMILES string of the molecule is COCCCN1CCN(Cc2ccccc2)CC[C@H]1c1n[nH]c(C)n1. The van der Waals surface area contributed by atoms with Crippen LogP contribution in [0.25, 0.3) is 0 Å². The van der Waals surface area contributed by atoms with Gasteiger partial charge in [0.15, 0.2) is 5.82 Å². The van der Waals surface area contributed by atoms with E-state index >= 15 is 0 Å². The summed E-state index contributed by atoms with van der Waals surface area (Å²) in [6.45, 7) is 7.95. The Morgan fingerprint density at radius 3 is 2.76 bits per heavy atom. The number of ether oxygens (including phenoxy) is 1. The molecule has 3 rings (SSSR count). The van der Waals surface area contributed by atoms with E-state index in [1.54, 1.807) is 7.11 Å². The summed E-state index contributed by atoms with van der Waals surface area (Å²) in [4.78, 5) is 9.67. The molecule has 0 bridgehead atoms. The normalized spacial score (nSPS) is 19.8. The molecule has 1 fully saturated rings. The first-order valence-electron chi connectivity index (χ1n) is 9.14. The molecule has 1 aliphatic heterocycles. The van der Waals surface area contributed by atoms with Crippen LogP contribution in [0.4, 0.5) is 0 Å². The van der Waals surface area contributed by atoms with Crippen molar-refractivity contribution in [3.63, 3.8) is 0 Å². The van der Waals surface area contributed by atoms with E-state index in [4.69, 9.17) is 4.74 Å². The maximum absolute atomic E-state index is 5.23. The Bertz CT molecular complexity index is 630. The molecule has 1 N–H and O–H groups in total. The van der Waals surface area contributed by atoms with Crippen molar-refractivity contribution >= 4 is 0 Å². The van der Waals surface area contributed by atoms with Gasteiger partial charge in [0, 0.05) is 46.4 Å². The van der Waals surface area contributed by atoms with E-state index in [0.717, 1.165) is 63.8 Å². The highest BCUT2D eigenvalue weighted by Crippen LogP contribution is 2.25. The molecule has 2 heterocycles. The molecule has 1 saturated heterocycles. The number of nitrogens with one attached hydrogen (secondary N) is 1. The number of aromatic amines is 1. The summed E-state index contributed by atoms with van der Waals surface area (Å²) < 4.78 is 5.23. The standard InChI is InChI=1S/C19H29N5O/c1-16-20-19(22-21-16)18-9-11-23(15-17-7-4-3-5-8-17)12-13-24(18)10-6-14-25-2/h3-5,7-8,18H,6,9-15H2,1-2H3,(H,20,21,22)/t18-/m0/s1. The molecule has 0 unspecified atom stereocenters. The predicted molar refractivity (Wildman–Crippen MR) is 98.3 cm³/mol. The van der Waals surface area contributed by atoms with E-state index in [9.17, 15) is 0 Å². The van der Waals surface area contributed by atoms with E-state index in [2.05, 4.69) is 55.3 Å². The number of nitrogens with zero attached hydrogens (tertiary/aromatic N) is 4. The van der Waals surface area contributed by atoms with Gasteiger partial charge in [0.05, 0.1) is 6.04 Å². The smallest absolute Gasteiger partial charge is 0.167 e. The van der Waals surface area contributed by atoms with Crippen LogP contribution in [0.5, 0.6) is 0 Å². The molecule has 1 aromatic heterocycles. The highest BCUT2D eigenvalue weighted by Gasteiger charge is 2.27. The second-order valence-corrected chi connectivity index (χ2v) is 6.73. The highest BCUT2D eigenvalue weighted by atomic mass is 16.5. The maximum Gasteiger partial charge on any atom is 0.167 e. The lowest BCUT2D eigenvalue weighted by Crippen LogP contribution is -2.33. The molecule has 136 valence electrons. The van der Waals surface area contributed by atoms with Gasteiger partial charge in [-0.15, -0.1) is 0 Å². The van der Waals surface area contributed by atoms with Gasteiger partial charge in [-0.3, -0.25) is 14.9 Å². The lowest BCUT2D eigenvalue weighted by molar-refractivity contribution is 0.148. The molecule has 2 aromatic rings. The number of hydrogen-bond donors (Lipinski definition) is 1. The Labute approximate surface area is 150 Å². The number of hydrogen-bond acceptors (Lipinski definition) is 5. The van der Waals surface area contributed by atoms with E-state index in [1.807, 2.05) is 6.92 Å². The number of aromatic nitrogens is 3. The Balaban J connectivity index is 1.67. The molecule has 0 aliphatic carbocycles. The van der Waals surface area contributed by atoms with Crippen molar-refractivity contribution in [2.24, 2.45) is 0 Å². The van der Waals surface area contributed by atoms with Crippen molar-refractivity contribution in [1.29, 1.82) is 0 Å². The number of H-pyrrole nitrogens is 1. The van der Waals surface area contributed by atoms with Crippen LogP contribution in [0.15, 0.2) is 30.3 Å². The molecule has 6 nitrogen and oxygen atoms in total. The summed E-state index contributed by atoms with van der Waals surface area (Å²) in [5.41, 5.74) is 1.38. The molecule has 0 amide bonds. The zero-order chi connectivity index (χ0) is 17.5. The molecule has 0 spiro atoms. The average Bonchev–Trinajstić information content (AvgIpc) is 2.95. The second kappa shape index (κ2) is 9.08. The van der Waals surface area contributed by atoms with Gasteiger partial charge in [-0.05, 0) is 25.3 Å². The highest BCUT2D eigenvalue weighted by molar-refractivity contribution is 5.14. The molecule has 0 saturated carbocycles. The van der Waals surface area contributed by atoms with Crippen molar-refractivity contribution in [1.82, 2.24) is 25.0 Å². The number of methoxy groups -OCH3 is 1. The molecular formula is C19H29N5O. The quantitative estimate of drug-likeness (QED) is 0.783.